The Labute approximate surface area is 215 Å². The third kappa shape index (κ3) is 4.42. The van der Waals surface area contributed by atoms with Crippen molar-refractivity contribution in [1.82, 2.24) is 4.90 Å². The van der Waals surface area contributed by atoms with E-state index in [0.29, 0.717) is 5.56 Å². The number of hydrogen-bond donors (Lipinski definition) is 1. The summed E-state index contributed by atoms with van der Waals surface area (Å²) in [5.41, 5.74) is 9.48. The molecule has 1 saturated carbocycles. The summed E-state index contributed by atoms with van der Waals surface area (Å²) in [7, 11) is 0. The number of thiophene rings is 1. The van der Waals surface area contributed by atoms with Gasteiger partial charge in [0.25, 0.3) is 0 Å². The van der Waals surface area contributed by atoms with Crippen LogP contribution >= 0.6 is 11.3 Å². The van der Waals surface area contributed by atoms with E-state index in [0.717, 1.165) is 34.4 Å². The topological polar surface area (TPSA) is 80.5 Å². The molecule has 184 valence electrons. The number of carbonyl (C=O) groups is 3. The maximum absolute atomic E-state index is 14.3. The molecule has 5 rings (SSSR count). The van der Waals surface area contributed by atoms with Crippen molar-refractivity contribution in [1.29, 1.82) is 0 Å². The third-order valence-electron chi connectivity index (χ3n) is 7.39. The zero-order valence-corrected chi connectivity index (χ0v) is 21.3. The summed E-state index contributed by atoms with van der Waals surface area (Å²) in [6, 6.07) is 17.8. The molecule has 36 heavy (non-hydrogen) atoms. The highest BCUT2D eigenvalue weighted by molar-refractivity contribution is 7.10. The largest absolute Gasteiger partial charge is 0.368 e. The van der Waals surface area contributed by atoms with Gasteiger partial charge in [0.2, 0.25) is 11.8 Å². The van der Waals surface area contributed by atoms with Gasteiger partial charge in [-0.3, -0.25) is 14.4 Å². The van der Waals surface area contributed by atoms with Gasteiger partial charge in [0.05, 0.1) is 12.0 Å². The monoisotopic (exact) mass is 498 g/mol. The van der Waals surface area contributed by atoms with Gasteiger partial charge in [-0.1, -0.05) is 66.7 Å². The first-order valence-corrected chi connectivity index (χ1v) is 13.2. The fourth-order valence-electron chi connectivity index (χ4n) is 5.45. The number of ketones is 1. The first-order chi connectivity index (χ1) is 17.4. The van der Waals surface area contributed by atoms with E-state index in [1.165, 1.54) is 11.3 Å². The van der Waals surface area contributed by atoms with Gasteiger partial charge in [0.1, 0.15) is 6.04 Å². The van der Waals surface area contributed by atoms with Crippen LogP contribution in [-0.2, 0) is 9.59 Å². The molecule has 2 aromatic carbocycles. The van der Waals surface area contributed by atoms with Crippen LogP contribution in [0.4, 0.5) is 0 Å². The van der Waals surface area contributed by atoms with Crippen LogP contribution in [0, 0.1) is 25.7 Å². The first kappa shape index (κ1) is 24.2. The number of aryl methyl sites for hydroxylation is 2. The lowest BCUT2D eigenvalue weighted by molar-refractivity contribution is -0.139. The van der Waals surface area contributed by atoms with Gasteiger partial charge in [-0.05, 0) is 54.8 Å². The summed E-state index contributed by atoms with van der Waals surface area (Å²) >= 11 is 1.52. The molecular weight excluding hydrogens is 468 g/mol. The molecule has 3 aromatic rings. The molecule has 5 nitrogen and oxygen atoms in total. The smallest absolute Gasteiger partial charge is 0.240 e. The van der Waals surface area contributed by atoms with Crippen molar-refractivity contribution in [3.8, 4) is 0 Å². The van der Waals surface area contributed by atoms with Crippen molar-refractivity contribution in [3.05, 3.63) is 99.3 Å². The van der Waals surface area contributed by atoms with Crippen LogP contribution in [0.15, 0.2) is 72.1 Å². The number of primary amides is 1. The molecular formula is C30H30N2O3S. The van der Waals surface area contributed by atoms with Crippen molar-refractivity contribution >= 4 is 35.0 Å². The lowest BCUT2D eigenvalue weighted by Crippen LogP contribution is -2.49. The quantitative estimate of drug-likeness (QED) is 0.458. The molecule has 2 fully saturated rings. The highest BCUT2D eigenvalue weighted by atomic mass is 32.1. The second kappa shape index (κ2) is 9.86. The van der Waals surface area contributed by atoms with Gasteiger partial charge in [-0.2, -0.15) is 0 Å². The maximum atomic E-state index is 14.3. The van der Waals surface area contributed by atoms with Crippen LogP contribution in [-0.4, -0.2) is 34.6 Å². The summed E-state index contributed by atoms with van der Waals surface area (Å²) < 4.78 is 0. The zero-order chi connectivity index (χ0) is 25.4. The van der Waals surface area contributed by atoms with E-state index in [1.54, 1.807) is 4.90 Å². The fraction of sp³-hybridized carbons (Fsp3) is 0.300. The van der Waals surface area contributed by atoms with Crippen LogP contribution in [0.5, 0.6) is 0 Å². The second-order valence-electron chi connectivity index (χ2n) is 9.83. The molecule has 1 aromatic heterocycles. The molecule has 1 saturated heterocycles. The number of Topliss-reactive ketones (excluding diaryl/α,β-unsaturated/α-hetero) is 1. The van der Waals surface area contributed by atoms with E-state index in [-0.39, 0.29) is 17.6 Å². The minimum Gasteiger partial charge on any atom is -0.368 e. The van der Waals surface area contributed by atoms with E-state index >= 15 is 0 Å². The number of nitrogens with zero attached hydrogens (tertiary/aromatic N) is 1. The van der Waals surface area contributed by atoms with Crippen LogP contribution in [0.3, 0.4) is 0 Å². The Balaban J connectivity index is 1.70. The van der Waals surface area contributed by atoms with Crippen molar-refractivity contribution in [2.75, 3.05) is 0 Å². The molecule has 4 atom stereocenters. The van der Waals surface area contributed by atoms with E-state index in [9.17, 15) is 14.4 Å². The van der Waals surface area contributed by atoms with Gasteiger partial charge >= 0.3 is 0 Å². The minimum absolute atomic E-state index is 0.0639. The number of carbonyl (C=O) groups excluding carboxylic acids is 3. The molecule has 2 N–H and O–H groups in total. The summed E-state index contributed by atoms with van der Waals surface area (Å²) in [6.07, 6.45) is 5.47. The highest BCUT2D eigenvalue weighted by Gasteiger charge is 2.57. The standard InChI is InChI=1S/C30H30N2O3S/c1-18-8-6-7-11-22(18)27(33)24-23(15-12-20-9-4-3-5-10-20)32(30(35)21-13-14-21)26(29(31)34)25(24)28-19(2)16-17-36-28/h3-12,15-17,21,23-26H,13-14H2,1-2H3,(H2,31,34). The number of rotatable bonds is 7. The van der Waals surface area contributed by atoms with Crippen LogP contribution in [0.2, 0.25) is 0 Å². The highest BCUT2D eigenvalue weighted by Crippen LogP contribution is 2.49. The minimum atomic E-state index is -0.890. The summed E-state index contributed by atoms with van der Waals surface area (Å²) in [5, 5.41) is 1.97. The number of likely N-dealkylation sites (tertiary alicyclic amines) is 1. The third-order valence-corrected chi connectivity index (χ3v) is 8.51. The number of nitrogens with two attached hydrogens (primary N) is 1. The van der Waals surface area contributed by atoms with E-state index in [2.05, 4.69) is 0 Å². The molecule has 2 amide bonds. The summed E-state index contributed by atoms with van der Waals surface area (Å²) in [4.78, 5) is 43.6. The lowest BCUT2D eigenvalue weighted by Gasteiger charge is -2.29. The average Bonchev–Trinajstić information content (AvgIpc) is 3.55. The van der Waals surface area contributed by atoms with Crippen molar-refractivity contribution < 1.29 is 14.4 Å². The Bertz CT molecular complexity index is 1320. The number of benzene rings is 2. The van der Waals surface area contributed by atoms with E-state index < -0.39 is 29.8 Å². The SMILES string of the molecule is Cc1ccccc1C(=O)C1C(c2sccc2C)C(C(N)=O)N(C(=O)C2CC2)C1C=Cc1ccccc1. The van der Waals surface area contributed by atoms with E-state index in [1.807, 2.05) is 92.0 Å². The second-order valence-corrected chi connectivity index (χ2v) is 10.8. The fourth-order valence-corrected chi connectivity index (χ4v) is 6.55. The molecule has 0 radical (unpaired) electrons. The predicted molar refractivity (Wildman–Crippen MR) is 143 cm³/mol. The Hall–Kier alpha value is -3.51. The van der Waals surface area contributed by atoms with Crippen molar-refractivity contribution in [2.24, 2.45) is 17.6 Å². The predicted octanol–water partition coefficient (Wildman–Crippen LogP) is 5.14. The van der Waals surface area contributed by atoms with Crippen LogP contribution in [0.25, 0.3) is 6.08 Å². The summed E-state index contributed by atoms with van der Waals surface area (Å²) in [6.45, 7) is 3.90. The molecule has 1 aliphatic carbocycles. The molecule has 0 bridgehead atoms. The van der Waals surface area contributed by atoms with Crippen LogP contribution in [0.1, 0.15) is 50.7 Å². The van der Waals surface area contributed by atoms with Crippen LogP contribution < -0.4 is 5.73 Å². The van der Waals surface area contributed by atoms with Gasteiger partial charge in [-0.25, -0.2) is 0 Å². The lowest BCUT2D eigenvalue weighted by atomic mass is 9.78. The summed E-state index contributed by atoms with van der Waals surface area (Å²) in [5.74, 6) is -1.98. The molecule has 4 unspecified atom stereocenters. The Morgan fingerprint density at radius 2 is 1.64 bits per heavy atom. The molecule has 0 spiro atoms. The Morgan fingerprint density at radius 1 is 0.944 bits per heavy atom. The molecule has 2 aliphatic rings. The zero-order valence-electron chi connectivity index (χ0n) is 20.5. The number of amides is 2. The Morgan fingerprint density at radius 3 is 2.25 bits per heavy atom. The van der Waals surface area contributed by atoms with Crippen molar-refractivity contribution in [2.45, 2.75) is 44.7 Å². The van der Waals surface area contributed by atoms with Crippen molar-refractivity contribution in [3.63, 3.8) is 0 Å². The molecule has 2 heterocycles. The first-order valence-electron chi connectivity index (χ1n) is 12.4. The van der Waals surface area contributed by atoms with Gasteiger partial charge in [0.15, 0.2) is 5.78 Å². The Kier molecular flexibility index (Phi) is 6.63. The van der Waals surface area contributed by atoms with Gasteiger partial charge in [0, 0.05) is 22.3 Å². The van der Waals surface area contributed by atoms with Gasteiger partial charge < -0.3 is 10.6 Å². The molecule has 6 heteroatoms. The maximum Gasteiger partial charge on any atom is 0.240 e. The number of hydrogen-bond acceptors (Lipinski definition) is 4. The van der Waals surface area contributed by atoms with E-state index in [4.69, 9.17) is 5.73 Å². The normalized spacial score (nSPS) is 23.8. The average molecular weight is 499 g/mol. The van der Waals surface area contributed by atoms with Gasteiger partial charge in [-0.15, -0.1) is 11.3 Å². The molecule has 1 aliphatic heterocycles.